The van der Waals surface area contributed by atoms with Crippen molar-refractivity contribution in [3.05, 3.63) is 35.9 Å². The first-order chi connectivity index (χ1) is 8.79. The molecular weight excluding hydrogens is 224 g/mol. The molecule has 2 heterocycles. The second-order valence-corrected chi connectivity index (χ2v) is 5.51. The Bertz CT molecular complexity index is 423. The SMILES string of the molecule is O=C(c1ccccc1)N1CCC2(CCCCN2)C1. The van der Waals surface area contributed by atoms with E-state index in [0.29, 0.717) is 0 Å². The highest BCUT2D eigenvalue weighted by atomic mass is 16.2. The second-order valence-electron chi connectivity index (χ2n) is 5.51. The quantitative estimate of drug-likeness (QED) is 0.820. The Hall–Kier alpha value is -1.35. The van der Waals surface area contributed by atoms with Gasteiger partial charge < -0.3 is 10.2 Å². The van der Waals surface area contributed by atoms with Crippen molar-refractivity contribution in [3.63, 3.8) is 0 Å². The minimum absolute atomic E-state index is 0.180. The molecule has 18 heavy (non-hydrogen) atoms. The van der Waals surface area contributed by atoms with E-state index in [1.54, 1.807) is 0 Å². The highest BCUT2D eigenvalue weighted by Gasteiger charge is 2.40. The largest absolute Gasteiger partial charge is 0.337 e. The molecule has 1 amide bonds. The smallest absolute Gasteiger partial charge is 0.253 e. The molecule has 0 bridgehead atoms. The third-order valence-corrected chi connectivity index (χ3v) is 4.24. The van der Waals surface area contributed by atoms with Crippen molar-refractivity contribution in [2.75, 3.05) is 19.6 Å². The van der Waals surface area contributed by atoms with Crippen molar-refractivity contribution in [2.45, 2.75) is 31.2 Å². The highest BCUT2D eigenvalue weighted by molar-refractivity contribution is 5.94. The molecule has 2 aliphatic rings. The fourth-order valence-electron chi connectivity index (χ4n) is 3.19. The van der Waals surface area contributed by atoms with Crippen molar-refractivity contribution < 1.29 is 4.79 Å². The van der Waals surface area contributed by atoms with E-state index >= 15 is 0 Å². The Morgan fingerprint density at radius 2 is 2.00 bits per heavy atom. The maximum atomic E-state index is 12.4. The van der Waals surface area contributed by atoms with Crippen molar-refractivity contribution >= 4 is 5.91 Å². The van der Waals surface area contributed by atoms with Crippen molar-refractivity contribution in [3.8, 4) is 0 Å². The molecule has 0 aliphatic carbocycles. The van der Waals surface area contributed by atoms with Crippen LogP contribution in [0.1, 0.15) is 36.0 Å². The summed E-state index contributed by atoms with van der Waals surface area (Å²) in [6, 6.07) is 9.62. The van der Waals surface area contributed by atoms with Gasteiger partial charge in [0.1, 0.15) is 0 Å². The molecule has 1 aromatic carbocycles. The topological polar surface area (TPSA) is 32.3 Å². The zero-order chi connectivity index (χ0) is 12.4. The van der Waals surface area contributed by atoms with Crippen molar-refractivity contribution in [2.24, 2.45) is 0 Å². The number of rotatable bonds is 1. The first kappa shape index (κ1) is 11.7. The van der Waals surface area contributed by atoms with Crippen LogP contribution < -0.4 is 5.32 Å². The van der Waals surface area contributed by atoms with Gasteiger partial charge in [0, 0.05) is 24.2 Å². The standard InChI is InChI=1S/C15H20N2O/c18-14(13-6-2-1-3-7-13)17-11-9-15(12-17)8-4-5-10-16-15/h1-3,6-7,16H,4-5,8-12H2. The van der Waals surface area contributed by atoms with E-state index in [0.717, 1.165) is 31.6 Å². The van der Waals surface area contributed by atoms with Gasteiger partial charge in [-0.2, -0.15) is 0 Å². The monoisotopic (exact) mass is 244 g/mol. The molecule has 0 saturated carbocycles. The summed E-state index contributed by atoms with van der Waals surface area (Å²) in [5.41, 5.74) is 1.02. The number of benzene rings is 1. The van der Waals surface area contributed by atoms with Crippen LogP contribution in [0.3, 0.4) is 0 Å². The van der Waals surface area contributed by atoms with E-state index < -0.39 is 0 Å². The molecule has 0 aromatic heterocycles. The number of nitrogens with zero attached hydrogens (tertiary/aromatic N) is 1. The van der Waals surface area contributed by atoms with Crippen LogP contribution in [0.4, 0.5) is 0 Å². The highest BCUT2D eigenvalue weighted by Crippen LogP contribution is 2.30. The number of hydrogen-bond acceptors (Lipinski definition) is 2. The number of amides is 1. The normalized spacial score (nSPS) is 27.7. The number of hydrogen-bond donors (Lipinski definition) is 1. The van der Waals surface area contributed by atoms with Crippen molar-refractivity contribution in [1.29, 1.82) is 0 Å². The summed E-state index contributed by atoms with van der Waals surface area (Å²) in [6.45, 7) is 2.87. The number of nitrogens with one attached hydrogen (secondary N) is 1. The molecule has 1 aromatic rings. The molecule has 2 saturated heterocycles. The van der Waals surface area contributed by atoms with Gasteiger partial charge in [-0.15, -0.1) is 0 Å². The lowest BCUT2D eigenvalue weighted by Crippen LogP contribution is -2.50. The van der Waals surface area contributed by atoms with E-state index in [2.05, 4.69) is 5.32 Å². The lowest BCUT2D eigenvalue weighted by atomic mass is 9.88. The summed E-state index contributed by atoms with van der Waals surface area (Å²) in [5.74, 6) is 0.180. The fourth-order valence-corrected chi connectivity index (χ4v) is 3.19. The Morgan fingerprint density at radius 1 is 1.17 bits per heavy atom. The number of likely N-dealkylation sites (tertiary alicyclic amines) is 1. The third kappa shape index (κ3) is 2.15. The van der Waals surface area contributed by atoms with Crippen LogP contribution >= 0.6 is 0 Å². The molecule has 2 fully saturated rings. The maximum absolute atomic E-state index is 12.4. The molecule has 2 aliphatic heterocycles. The van der Waals surface area contributed by atoms with Gasteiger partial charge in [0.05, 0.1) is 0 Å². The minimum atomic E-state index is 0.180. The molecule has 3 nitrogen and oxygen atoms in total. The molecule has 1 atom stereocenters. The summed E-state index contributed by atoms with van der Waals surface area (Å²) >= 11 is 0. The van der Waals surface area contributed by atoms with E-state index in [4.69, 9.17) is 0 Å². The average Bonchev–Trinajstić information content (AvgIpc) is 2.83. The first-order valence-corrected chi connectivity index (χ1v) is 6.89. The van der Waals surface area contributed by atoms with Crippen LogP contribution in [0.25, 0.3) is 0 Å². The second kappa shape index (κ2) is 4.73. The first-order valence-electron chi connectivity index (χ1n) is 6.89. The van der Waals surface area contributed by atoms with Gasteiger partial charge in [0.25, 0.3) is 5.91 Å². The molecule has 3 heteroatoms. The molecule has 1 N–H and O–H groups in total. The van der Waals surface area contributed by atoms with Gasteiger partial charge in [0.2, 0.25) is 0 Å². The molecule has 1 unspecified atom stereocenters. The van der Waals surface area contributed by atoms with Gasteiger partial charge in [-0.3, -0.25) is 4.79 Å². The van der Waals surface area contributed by atoms with Crippen LogP contribution in [-0.4, -0.2) is 36.0 Å². The predicted molar refractivity (Wildman–Crippen MR) is 71.5 cm³/mol. The number of carbonyl (C=O) groups is 1. The summed E-state index contributed by atoms with van der Waals surface area (Å²) in [5, 5.41) is 3.64. The van der Waals surface area contributed by atoms with Crippen LogP contribution in [0.2, 0.25) is 0 Å². The van der Waals surface area contributed by atoms with Gasteiger partial charge in [0.15, 0.2) is 0 Å². The third-order valence-electron chi connectivity index (χ3n) is 4.24. The van der Waals surface area contributed by atoms with Crippen LogP contribution in [0.5, 0.6) is 0 Å². The zero-order valence-corrected chi connectivity index (χ0v) is 10.7. The van der Waals surface area contributed by atoms with E-state index in [1.165, 1.54) is 19.3 Å². The zero-order valence-electron chi connectivity index (χ0n) is 10.7. The Kier molecular flexibility index (Phi) is 3.08. The van der Waals surface area contributed by atoms with Crippen molar-refractivity contribution in [1.82, 2.24) is 10.2 Å². The van der Waals surface area contributed by atoms with E-state index in [1.807, 2.05) is 35.2 Å². The molecule has 96 valence electrons. The van der Waals surface area contributed by atoms with Gasteiger partial charge >= 0.3 is 0 Å². The lowest BCUT2D eigenvalue weighted by molar-refractivity contribution is 0.0775. The van der Waals surface area contributed by atoms with Gasteiger partial charge in [-0.25, -0.2) is 0 Å². The fraction of sp³-hybridized carbons (Fsp3) is 0.533. The summed E-state index contributed by atoms with van der Waals surface area (Å²) in [4.78, 5) is 14.4. The lowest BCUT2D eigenvalue weighted by Gasteiger charge is -2.34. The molecular formula is C15H20N2O. The van der Waals surface area contributed by atoms with Gasteiger partial charge in [-0.1, -0.05) is 24.6 Å². The molecule has 1 spiro atoms. The van der Waals surface area contributed by atoms with Crippen LogP contribution in [0, 0.1) is 0 Å². The predicted octanol–water partition coefficient (Wildman–Crippen LogP) is 2.04. The summed E-state index contributed by atoms with van der Waals surface area (Å²) < 4.78 is 0. The van der Waals surface area contributed by atoms with E-state index in [9.17, 15) is 4.79 Å². The Labute approximate surface area is 108 Å². The Balaban J connectivity index is 1.70. The summed E-state index contributed by atoms with van der Waals surface area (Å²) in [6.07, 6.45) is 4.88. The Morgan fingerprint density at radius 3 is 2.72 bits per heavy atom. The molecule has 3 rings (SSSR count). The van der Waals surface area contributed by atoms with Gasteiger partial charge in [-0.05, 0) is 37.9 Å². The number of carbonyl (C=O) groups excluding carboxylic acids is 1. The average molecular weight is 244 g/mol. The number of piperidine rings is 1. The molecule has 0 radical (unpaired) electrons. The van der Waals surface area contributed by atoms with E-state index in [-0.39, 0.29) is 11.4 Å². The van der Waals surface area contributed by atoms with Crippen LogP contribution in [0.15, 0.2) is 30.3 Å². The maximum Gasteiger partial charge on any atom is 0.253 e. The summed E-state index contributed by atoms with van der Waals surface area (Å²) in [7, 11) is 0. The van der Waals surface area contributed by atoms with Crippen LogP contribution in [-0.2, 0) is 0 Å². The minimum Gasteiger partial charge on any atom is -0.337 e.